The Morgan fingerprint density at radius 3 is 2.84 bits per heavy atom. The van der Waals surface area contributed by atoms with Crippen LogP contribution in [0.4, 0.5) is 0 Å². The van der Waals surface area contributed by atoms with Gasteiger partial charge < -0.3 is 10.2 Å². The third kappa shape index (κ3) is 6.32. The molecular formula is C22H32N2O. The van der Waals surface area contributed by atoms with Gasteiger partial charge in [-0.15, -0.1) is 0 Å². The van der Waals surface area contributed by atoms with Crippen molar-refractivity contribution in [1.82, 2.24) is 10.2 Å². The minimum Gasteiger partial charge on any atom is -0.352 e. The average molecular weight is 341 g/mol. The Morgan fingerprint density at radius 1 is 1.16 bits per heavy atom. The molecule has 1 heterocycles. The van der Waals surface area contributed by atoms with Gasteiger partial charge in [0.05, 0.1) is 0 Å². The molecule has 1 aliphatic carbocycles. The Morgan fingerprint density at radius 2 is 2.04 bits per heavy atom. The van der Waals surface area contributed by atoms with Crippen molar-refractivity contribution in [2.24, 2.45) is 0 Å². The predicted molar refractivity (Wildman–Crippen MR) is 104 cm³/mol. The van der Waals surface area contributed by atoms with E-state index in [1.807, 2.05) is 0 Å². The van der Waals surface area contributed by atoms with Crippen molar-refractivity contribution in [2.45, 2.75) is 63.8 Å². The van der Waals surface area contributed by atoms with Crippen LogP contribution in [-0.4, -0.2) is 36.5 Å². The van der Waals surface area contributed by atoms with Crippen molar-refractivity contribution in [3.8, 4) is 0 Å². The molecule has 0 spiro atoms. The lowest BCUT2D eigenvalue weighted by Gasteiger charge is -2.33. The Balaban J connectivity index is 1.37. The number of likely N-dealkylation sites (tertiary alicyclic amines) is 1. The first kappa shape index (κ1) is 18.2. The quantitative estimate of drug-likeness (QED) is 0.758. The number of carbonyl (C=O) groups is 1. The molecule has 0 aromatic heterocycles. The Labute approximate surface area is 152 Å². The molecule has 0 saturated carbocycles. The summed E-state index contributed by atoms with van der Waals surface area (Å²) in [4.78, 5) is 14.8. The van der Waals surface area contributed by atoms with Crippen LogP contribution in [0.25, 0.3) is 0 Å². The van der Waals surface area contributed by atoms with Gasteiger partial charge in [0, 0.05) is 19.0 Å². The van der Waals surface area contributed by atoms with Gasteiger partial charge in [-0.2, -0.15) is 0 Å². The van der Waals surface area contributed by atoms with Gasteiger partial charge in [0.15, 0.2) is 0 Å². The van der Waals surface area contributed by atoms with Gasteiger partial charge in [-0.25, -0.2) is 0 Å². The molecule has 0 bridgehead atoms. The number of benzene rings is 1. The molecule has 1 amide bonds. The Hall–Kier alpha value is -1.61. The largest absolute Gasteiger partial charge is 0.352 e. The van der Waals surface area contributed by atoms with E-state index in [1.165, 1.54) is 43.4 Å². The van der Waals surface area contributed by atoms with E-state index in [0.29, 0.717) is 12.5 Å². The number of hydrogen-bond acceptors (Lipinski definition) is 2. The van der Waals surface area contributed by atoms with Gasteiger partial charge in [0.2, 0.25) is 5.91 Å². The summed E-state index contributed by atoms with van der Waals surface area (Å²) in [6.45, 7) is 3.32. The minimum atomic E-state index is 0.226. The van der Waals surface area contributed by atoms with Gasteiger partial charge in [0.25, 0.3) is 0 Å². The lowest BCUT2D eigenvalue weighted by Crippen LogP contribution is -2.48. The number of hydrogen-bond donors (Lipinski definition) is 1. The number of nitrogens with zero attached hydrogens (tertiary/aromatic N) is 1. The normalized spacial score (nSPS) is 21.6. The fourth-order valence-electron chi connectivity index (χ4n) is 4.08. The fraction of sp³-hybridized carbons (Fsp3) is 0.591. The lowest BCUT2D eigenvalue weighted by atomic mass is 9.96. The number of rotatable bonds is 7. The van der Waals surface area contributed by atoms with Crippen molar-refractivity contribution in [3.05, 3.63) is 47.5 Å². The molecule has 25 heavy (non-hydrogen) atoms. The molecule has 136 valence electrons. The third-order valence-electron chi connectivity index (χ3n) is 5.43. The van der Waals surface area contributed by atoms with Crippen molar-refractivity contribution in [2.75, 3.05) is 19.6 Å². The third-order valence-corrected chi connectivity index (χ3v) is 5.43. The van der Waals surface area contributed by atoms with Crippen LogP contribution in [0.15, 0.2) is 42.0 Å². The first-order valence-corrected chi connectivity index (χ1v) is 10.0. The van der Waals surface area contributed by atoms with E-state index in [2.05, 4.69) is 46.6 Å². The number of aryl methyl sites for hydroxylation is 1. The zero-order valence-corrected chi connectivity index (χ0v) is 15.4. The van der Waals surface area contributed by atoms with Crippen LogP contribution < -0.4 is 5.32 Å². The van der Waals surface area contributed by atoms with Crippen molar-refractivity contribution in [1.29, 1.82) is 0 Å². The highest BCUT2D eigenvalue weighted by Gasteiger charge is 2.21. The van der Waals surface area contributed by atoms with E-state index in [-0.39, 0.29) is 5.91 Å². The standard InChI is InChI=1S/C22H32N2O/c25-22(17-20-11-5-2-6-12-20)23-21-14-8-16-24(18-21)15-7-13-19-9-3-1-4-10-19/h1,3-4,9-11,21H,2,5-8,12-18H2,(H,23,25)/t21-/m1/s1. The molecule has 3 heteroatoms. The summed E-state index contributed by atoms with van der Waals surface area (Å²) < 4.78 is 0. The molecule has 0 unspecified atom stereocenters. The predicted octanol–water partition coefficient (Wildman–Crippen LogP) is 4.09. The van der Waals surface area contributed by atoms with E-state index in [0.717, 1.165) is 38.8 Å². The van der Waals surface area contributed by atoms with E-state index in [1.54, 1.807) is 0 Å². The summed E-state index contributed by atoms with van der Waals surface area (Å²) in [6.07, 6.45) is 12.3. The number of allylic oxidation sites excluding steroid dienone is 1. The molecular weight excluding hydrogens is 308 g/mol. The SMILES string of the molecule is O=C(CC1=CCCCC1)N[C@@H]1CCCN(CCCc2ccccc2)C1. The van der Waals surface area contributed by atoms with Gasteiger partial charge >= 0.3 is 0 Å². The molecule has 0 radical (unpaired) electrons. The second kappa shape index (κ2) is 9.76. The van der Waals surface area contributed by atoms with E-state index < -0.39 is 0 Å². The van der Waals surface area contributed by atoms with Crippen LogP contribution in [0.1, 0.15) is 56.9 Å². The van der Waals surface area contributed by atoms with Crippen LogP contribution in [0, 0.1) is 0 Å². The maximum absolute atomic E-state index is 12.3. The number of amides is 1. The maximum Gasteiger partial charge on any atom is 0.224 e. The highest BCUT2D eigenvalue weighted by atomic mass is 16.1. The van der Waals surface area contributed by atoms with Crippen molar-refractivity contribution >= 4 is 5.91 Å². The summed E-state index contributed by atoms with van der Waals surface area (Å²) in [7, 11) is 0. The highest BCUT2D eigenvalue weighted by Crippen LogP contribution is 2.20. The highest BCUT2D eigenvalue weighted by molar-refractivity contribution is 5.78. The number of nitrogens with one attached hydrogen (secondary N) is 1. The molecule has 1 N–H and O–H groups in total. The second-order valence-corrected chi connectivity index (χ2v) is 7.58. The summed E-state index contributed by atoms with van der Waals surface area (Å²) in [5.41, 5.74) is 2.77. The topological polar surface area (TPSA) is 32.3 Å². The monoisotopic (exact) mass is 340 g/mol. The van der Waals surface area contributed by atoms with E-state index in [9.17, 15) is 4.79 Å². The van der Waals surface area contributed by atoms with Crippen LogP contribution in [0.5, 0.6) is 0 Å². The maximum atomic E-state index is 12.3. The van der Waals surface area contributed by atoms with E-state index >= 15 is 0 Å². The zero-order valence-electron chi connectivity index (χ0n) is 15.4. The van der Waals surface area contributed by atoms with Crippen molar-refractivity contribution < 1.29 is 4.79 Å². The Bertz CT molecular complexity index is 567. The lowest BCUT2D eigenvalue weighted by molar-refractivity contribution is -0.121. The van der Waals surface area contributed by atoms with Gasteiger partial charge in [0.1, 0.15) is 0 Å². The second-order valence-electron chi connectivity index (χ2n) is 7.58. The van der Waals surface area contributed by atoms with Crippen LogP contribution >= 0.6 is 0 Å². The molecule has 1 atom stereocenters. The molecule has 1 aliphatic heterocycles. The minimum absolute atomic E-state index is 0.226. The van der Waals surface area contributed by atoms with Gasteiger partial charge in [-0.3, -0.25) is 4.79 Å². The van der Waals surface area contributed by atoms with Crippen LogP contribution in [0.3, 0.4) is 0 Å². The Kier molecular flexibility index (Phi) is 7.10. The molecule has 1 aromatic carbocycles. The average Bonchev–Trinajstić information content (AvgIpc) is 2.64. The van der Waals surface area contributed by atoms with Gasteiger partial charge in [-0.05, 0) is 70.0 Å². The molecule has 1 aromatic rings. The number of carbonyl (C=O) groups excluding carboxylic acids is 1. The first-order chi connectivity index (χ1) is 12.3. The molecule has 2 aliphatic rings. The van der Waals surface area contributed by atoms with Crippen LogP contribution in [0.2, 0.25) is 0 Å². The van der Waals surface area contributed by atoms with Crippen molar-refractivity contribution in [3.63, 3.8) is 0 Å². The van der Waals surface area contributed by atoms with E-state index in [4.69, 9.17) is 0 Å². The summed E-state index contributed by atoms with van der Waals surface area (Å²) in [5, 5.41) is 3.28. The first-order valence-electron chi connectivity index (χ1n) is 10.0. The van der Waals surface area contributed by atoms with Gasteiger partial charge in [-0.1, -0.05) is 42.0 Å². The molecule has 1 saturated heterocycles. The van der Waals surface area contributed by atoms with Crippen LogP contribution in [-0.2, 0) is 11.2 Å². The fourth-order valence-corrected chi connectivity index (χ4v) is 4.08. The molecule has 1 fully saturated rings. The molecule has 3 nitrogen and oxygen atoms in total. The summed E-state index contributed by atoms with van der Waals surface area (Å²) in [5.74, 6) is 0.226. The molecule has 3 rings (SSSR count). The smallest absolute Gasteiger partial charge is 0.224 e. The zero-order chi connectivity index (χ0) is 17.3. The summed E-state index contributed by atoms with van der Waals surface area (Å²) >= 11 is 0. The number of piperidine rings is 1. The summed E-state index contributed by atoms with van der Waals surface area (Å²) in [6, 6.07) is 11.1.